The minimum atomic E-state index is 0.119. The Morgan fingerprint density at radius 2 is 2.41 bits per heavy atom. The van der Waals surface area contributed by atoms with Crippen LogP contribution in [0.5, 0.6) is 0 Å². The van der Waals surface area contributed by atoms with Crippen molar-refractivity contribution in [1.82, 2.24) is 10.2 Å². The predicted octanol–water partition coefficient (Wildman–Crippen LogP) is 1.65. The third-order valence-corrected chi connectivity index (χ3v) is 4.60. The van der Waals surface area contributed by atoms with E-state index in [9.17, 15) is 0 Å². The first-order valence-corrected chi connectivity index (χ1v) is 7.25. The van der Waals surface area contributed by atoms with E-state index in [1.807, 2.05) is 0 Å². The highest BCUT2D eigenvalue weighted by Crippen LogP contribution is 2.23. The molecule has 2 rings (SSSR count). The summed E-state index contributed by atoms with van der Waals surface area (Å²) in [6.45, 7) is 8.42. The molecule has 1 atom stereocenters. The quantitative estimate of drug-likeness (QED) is 0.838. The topological polar surface area (TPSA) is 41.3 Å². The second-order valence-electron chi connectivity index (χ2n) is 5.23. The van der Waals surface area contributed by atoms with E-state index in [-0.39, 0.29) is 5.54 Å². The Morgan fingerprint density at radius 3 is 2.94 bits per heavy atom. The van der Waals surface area contributed by atoms with Gasteiger partial charge in [0.1, 0.15) is 0 Å². The molecule has 1 saturated heterocycles. The summed E-state index contributed by atoms with van der Waals surface area (Å²) in [7, 11) is 0. The molecule has 1 aromatic rings. The molecule has 0 aliphatic carbocycles. The molecule has 1 unspecified atom stereocenters. The number of nitrogens with one attached hydrogen (secondary N) is 1. The highest BCUT2D eigenvalue weighted by Gasteiger charge is 2.37. The minimum Gasteiger partial charge on any atom is -0.329 e. The van der Waals surface area contributed by atoms with Crippen molar-refractivity contribution >= 4 is 11.3 Å². The summed E-state index contributed by atoms with van der Waals surface area (Å²) in [5.41, 5.74) is 6.10. The summed E-state index contributed by atoms with van der Waals surface area (Å²) < 4.78 is 0. The lowest BCUT2D eigenvalue weighted by molar-refractivity contribution is 0.241. The van der Waals surface area contributed by atoms with E-state index in [0.29, 0.717) is 6.04 Å². The average Bonchev–Trinajstić information content (AvgIpc) is 2.97. The number of hydrogen-bond acceptors (Lipinski definition) is 4. The molecule has 1 aromatic heterocycles. The van der Waals surface area contributed by atoms with Crippen molar-refractivity contribution in [1.29, 1.82) is 0 Å². The van der Waals surface area contributed by atoms with E-state index in [1.54, 1.807) is 11.3 Å². The maximum atomic E-state index is 5.98. The van der Waals surface area contributed by atoms with Crippen molar-refractivity contribution in [3.63, 3.8) is 0 Å². The summed E-state index contributed by atoms with van der Waals surface area (Å²) in [5, 5.41) is 5.80. The Hall–Kier alpha value is -0.420. The van der Waals surface area contributed by atoms with Gasteiger partial charge in [-0.2, -0.15) is 0 Å². The first-order valence-electron chi connectivity index (χ1n) is 6.37. The van der Waals surface area contributed by atoms with Crippen LogP contribution in [0, 0.1) is 0 Å². The number of hydrogen-bond donors (Lipinski definition) is 2. The zero-order valence-corrected chi connectivity index (χ0v) is 11.6. The van der Waals surface area contributed by atoms with Gasteiger partial charge in [0.2, 0.25) is 0 Å². The van der Waals surface area contributed by atoms with Crippen LogP contribution in [0.4, 0.5) is 0 Å². The van der Waals surface area contributed by atoms with Crippen LogP contribution in [0.15, 0.2) is 17.5 Å². The van der Waals surface area contributed by atoms with Gasteiger partial charge in [0.15, 0.2) is 0 Å². The van der Waals surface area contributed by atoms with Gasteiger partial charge in [0.05, 0.1) is 0 Å². The van der Waals surface area contributed by atoms with Crippen LogP contribution in [0.2, 0.25) is 0 Å². The van der Waals surface area contributed by atoms with Crippen molar-refractivity contribution in [3.05, 3.63) is 22.4 Å². The third kappa shape index (κ3) is 3.07. The Morgan fingerprint density at radius 1 is 1.59 bits per heavy atom. The van der Waals surface area contributed by atoms with Crippen LogP contribution in [-0.4, -0.2) is 36.1 Å². The lowest BCUT2D eigenvalue weighted by Crippen LogP contribution is -2.53. The summed E-state index contributed by atoms with van der Waals surface area (Å²) >= 11 is 1.81. The highest BCUT2D eigenvalue weighted by atomic mass is 32.1. The van der Waals surface area contributed by atoms with Gasteiger partial charge in [-0.1, -0.05) is 6.07 Å². The second-order valence-corrected chi connectivity index (χ2v) is 6.26. The average molecular weight is 253 g/mol. The molecule has 17 heavy (non-hydrogen) atoms. The van der Waals surface area contributed by atoms with Crippen LogP contribution in [0.25, 0.3) is 0 Å². The molecule has 0 aromatic carbocycles. The molecule has 0 spiro atoms. The molecule has 4 heteroatoms. The first kappa shape index (κ1) is 13.0. The molecule has 2 heterocycles. The fourth-order valence-electron chi connectivity index (χ4n) is 2.42. The molecule has 3 N–H and O–H groups in total. The van der Waals surface area contributed by atoms with Gasteiger partial charge in [-0.3, -0.25) is 4.90 Å². The van der Waals surface area contributed by atoms with Gasteiger partial charge in [0, 0.05) is 42.6 Å². The summed E-state index contributed by atoms with van der Waals surface area (Å²) in [4.78, 5) is 3.90. The van der Waals surface area contributed by atoms with Crippen LogP contribution in [0.1, 0.15) is 25.1 Å². The first-order chi connectivity index (χ1) is 8.15. The molecule has 1 fully saturated rings. The monoisotopic (exact) mass is 253 g/mol. The molecule has 96 valence electrons. The number of thiophene rings is 1. The van der Waals surface area contributed by atoms with E-state index in [1.165, 1.54) is 4.88 Å². The lowest BCUT2D eigenvalue weighted by Gasteiger charge is -2.30. The van der Waals surface area contributed by atoms with Gasteiger partial charge < -0.3 is 11.1 Å². The maximum Gasteiger partial charge on any atom is 0.0447 e. The Kier molecular flexibility index (Phi) is 4.20. The Bertz CT molecular complexity index is 336. The predicted molar refractivity (Wildman–Crippen MR) is 74.3 cm³/mol. The molecule has 3 nitrogen and oxygen atoms in total. The fraction of sp³-hybridized carbons (Fsp3) is 0.692. The molecule has 0 bridgehead atoms. The van der Waals surface area contributed by atoms with Crippen molar-refractivity contribution in [2.24, 2.45) is 5.73 Å². The molecule has 0 saturated carbocycles. The Balaban J connectivity index is 1.92. The fourth-order valence-corrected chi connectivity index (χ4v) is 3.06. The summed E-state index contributed by atoms with van der Waals surface area (Å²) in [5.74, 6) is 0. The summed E-state index contributed by atoms with van der Waals surface area (Å²) in [6, 6.07) is 4.90. The largest absolute Gasteiger partial charge is 0.329 e. The standard InChI is InChI=1S/C13H23N3S/c1-11(2)16-6-5-13(9-14,10-16)15-8-12-4-3-7-17-12/h3-4,7,11,15H,5-6,8-10,14H2,1-2H3. The van der Waals surface area contributed by atoms with Gasteiger partial charge in [-0.15, -0.1) is 11.3 Å². The molecule has 1 aliphatic rings. The number of nitrogens with zero attached hydrogens (tertiary/aromatic N) is 1. The Labute approximate surface area is 108 Å². The van der Waals surface area contributed by atoms with Crippen molar-refractivity contribution in [2.45, 2.75) is 38.4 Å². The van der Waals surface area contributed by atoms with Crippen molar-refractivity contribution in [3.8, 4) is 0 Å². The lowest BCUT2D eigenvalue weighted by atomic mass is 9.99. The van der Waals surface area contributed by atoms with Crippen molar-refractivity contribution < 1.29 is 0 Å². The van der Waals surface area contributed by atoms with Crippen LogP contribution < -0.4 is 11.1 Å². The zero-order chi connectivity index (χ0) is 12.3. The van der Waals surface area contributed by atoms with Gasteiger partial charge >= 0.3 is 0 Å². The van der Waals surface area contributed by atoms with Crippen molar-refractivity contribution in [2.75, 3.05) is 19.6 Å². The van der Waals surface area contributed by atoms with Crippen LogP contribution in [0.3, 0.4) is 0 Å². The SMILES string of the molecule is CC(C)N1CCC(CN)(NCc2cccs2)C1. The molecular formula is C13H23N3S. The molecule has 1 aliphatic heterocycles. The normalized spacial score (nSPS) is 25.9. The van der Waals surface area contributed by atoms with E-state index in [2.05, 4.69) is 41.6 Å². The van der Waals surface area contributed by atoms with Gasteiger partial charge in [-0.05, 0) is 31.7 Å². The van der Waals surface area contributed by atoms with Gasteiger partial charge in [0.25, 0.3) is 0 Å². The van der Waals surface area contributed by atoms with Crippen LogP contribution in [-0.2, 0) is 6.54 Å². The minimum absolute atomic E-state index is 0.119. The third-order valence-electron chi connectivity index (χ3n) is 3.72. The van der Waals surface area contributed by atoms with Crippen LogP contribution >= 0.6 is 11.3 Å². The zero-order valence-electron chi connectivity index (χ0n) is 10.8. The van der Waals surface area contributed by atoms with Gasteiger partial charge in [-0.25, -0.2) is 0 Å². The van der Waals surface area contributed by atoms with E-state index in [4.69, 9.17) is 5.73 Å². The molecule has 0 amide bonds. The highest BCUT2D eigenvalue weighted by molar-refractivity contribution is 7.09. The smallest absolute Gasteiger partial charge is 0.0447 e. The molecule has 0 radical (unpaired) electrons. The second kappa shape index (κ2) is 5.48. The van der Waals surface area contributed by atoms with E-state index >= 15 is 0 Å². The molecular weight excluding hydrogens is 230 g/mol. The number of likely N-dealkylation sites (tertiary alicyclic amines) is 1. The van der Waals surface area contributed by atoms with E-state index < -0.39 is 0 Å². The number of rotatable bonds is 5. The van der Waals surface area contributed by atoms with E-state index in [0.717, 1.165) is 32.6 Å². The maximum absolute atomic E-state index is 5.98. The number of nitrogens with two attached hydrogens (primary N) is 1. The summed E-state index contributed by atoms with van der Waals surface area (Å²) in [6.07, 6.45) is 1.16.